The lowest BCUT2D eigenvalue weighted by Gasteiger charge is -2.27. The highest BCUT2D eigenvalue weighted by molar-refractivity contribution is 7.92. The molecule has 19 heteroatoms. The number of carbonyl (C=O) groups excluding carboxylic acids is 3. The fourth-order valence-electron chi connectivity index (χ4n) is 5.74. The molecule has 2 aliphatic heterocycles. The molecule has 0 aromatic heterocycles. The van der Waals surface area contributed by atoms with Crippen LogP contribution in [-0.4, -0.2) is 109 Å². The molecule has 1 aliphatic carbocycles. The van der Waals surface area contributed by atoms with Gasteiger partial charge in [-0.2, -0.15) is 8.78 Å². The molecule has 0 radical (unpaired) electrons. The minimum atomic E-state index is -3.79. The lowest BCUT2D eigenvalue weighted by atomic mass is 9.99. The number of anilines is 1. The molecule has 14 nitrogen and oxygen atoms in total. The van der Waals surface area contributed by atoms with Gasteiger partial charge in [0.1, 0.15) is 12.6 Å². The van der Waals surface area contributed by atoms with Crippen LogP contribution >= 0.6 is 23.2 Å². The standard InChI is InChI=1S/C35H40Cl2F2N4O10S/c1-49-13-11-40-10-12-43(54(3,47)48)23-7-8-24-25(15-23)34(46)42(33(24)45)19-32(44)52-30(16-26-27(36)17-41(50-2)18-28(26)37)22-6-9-29(53-35(38)39)31(14-22)51-20-21-4-5-21/h6-9,14-15,17,21,30,35,40H,4-5,10-13,16,18-20H2,1-3H3. The highest BCUT2D eigenvalue weighted by Gasteiger charge is 2.39. The highest BCUT2D eigenvalue weighted by atomic mass is 35.5. The molecular formula is C35H40Cl2F2N4O10S. The number of sulfonamides is 1. The van der Waals surface area contributed by atoms with Gasteiger partial charge in [0.05, 0.1) is 55.0 Å². The largest absolute Gasteiger partial charge is 0.489 e. The number of hydrogen-bond acceptors (Lipinski definition) is 12. The second-order valence-corrected chi connectivity index (χ2v) is 15.4. The zero-order chi connectivity index (χ0) is 39.2. The first-order valence-electron chi connectivity index (χ1n) is 16.8. The van der Waals surface area contributed by atoms with E-state index in [2.05, 4.69) is 10.1 Å². The summed E-state index contributed by atoms with van der Waals surface area (Å²) in [5.74, 6) is -2.55. The molecule has 3 aliphatic rings. The number of ether oxygens (including phenoxy) is 4. The molecule has 0 spiro atoms. The number of halogens is 4. The Kier molecular flexibility index (Phi) is 13.8. The number of hydroxylamine groups is 2. The Balaban J connectivity index is 1.38. The van der Waals surface area contributed by atoms with E-state index in [1.54, 1.807) is 7.11 Å². The van der Waals surface area contributed by atoms with Gasteiger partial charge in [-0.05, 0) is 60.2 Å². The number of rotatable bonds is 20. The third-order valence-electron chi connectivity index (χ3n) is 8.70. The van der Waals surface area contributed by atoms with Crippen LogP contribution in [0.5, 0.6) is 11.5 Å². The number of hydrogen-bond donors (Lipinski definition) is 1. The van der Waals surface area contributed by atoms with Crippen molar-refractivity contribution in [1.29, 1.82) is 0 Å². The van der Waals surface area contributed by atoms with Gasteiger partial charge >= 0.3 is 12.6 Å². The summed E-state index contributed by atoms with van der Waals surface area (Å²) in [5, 5.41) is 4.91. The summed E-state index contributed by atoms with van der Waals surface area (Å²) in [6.07, 6.45) is 3.12. The maximum absolute atomic E-state index is 13.6. The predicted molar refractivity (Wildman–Crippen MR) is 194 cm³/mol. The quantitative estimate of drug-likeness (QED) is 0.111. The third kappa shape index (κ3) is 10.4. The number of carbonyl (C=O) groups is 3. The maximum atomic E-state index is 13.6. The lowest BCUT2D eigenvalue weighted by Crippen LogP contribution is -2.37. The molecule has 0 saturated heterocycles. The molecule has 1 N–H and O–H groups in total. The zero-order valence-corrected chi connectivity index (χ0v) is 32.0. The first-order valence-corrected chi connectivity index (χ1v) is 19.4. The predicted octanol–water partition coefficient (Wildman–Crippen LogP) is 4.80. The monoisotopic (exact) mass is 816 g/mol. The van der Waals surface area contributed by atoms with Crippen LogP contribution in [-0.2, 0) is 29.1 Å². The van der Waals surface area contributed by atoms with Crippen LogP contribution in [0.25, 0.3) is 0 Å². The van der Waals surface area contributed by atoms with E-state index in [1.807, 2.05) is 0 Å². The summed E-state index contributed by atoms with van der Waals surface area (Å²) >= 11 is 13.1. The Morgan fingerprint density at radius 1 is 1.04 bits per heavy atom. The number of nitrogens with zero attached hydrogens (tertiary/aromatic N) is 3. The minimum absolute atomic E-state index is 0.00159. The first-order chi connectivity index (χ1) is 25.7. The summed E-state index contributed by atoms with van der Waals surface area (Å²) in [5.41, 5.74) is 0.745. The Morgan fingerprint density at radius 2 is 1.78 bits per heavy atom. The number of fused-ring (bicyclic) bond motifs is 1. The molecule has 2 aromatic carbocycles. The molecule has 1 fully saturated rings. The summed E-state index contributed by atoms with van der Waals surface area (Å²) in [4.78, 5) is 46.5. The van der Waals surface area contributed by atoms with Crippen molar-refractivity contribution < 1.29 is 55.4 Å². The molecule has 5 rings (SSSR count). The van der Waals surface area contributed by atoms with Gasteiger partial charge < -0.3 is 24.3 Å². The highest BCUT2D eigenvalue weighted by Crippen LogP contribution is 2.40. The van der Waals surface area contributed by atoms with Crippen LogP contribution in [0.15, 0.2) is 58.2 Å². The fourth-order valence-corrected chi connectivity index (χ4v) is 7.31. The van der Waals surface area contributed by atoms with Crippen molar-refractivity contribution in [2.24, 2.45) is 5.92 Å². The van der Waals surface area contributed by atoms with Crippen molar-refractivity contribution in [3.05, 3.63) is 74.9 Å². The van der Waals surface area contributed by atoms with Crippen LogP contribution in [0.4, 0.5) is 14.5 Å². The van der Waals surface area contributed by atoms with Crippen molar-refractivity contribution >= 4 is 56.7 Å². The second-order valence-electron chi connectivity index (χ2n) is 12.6. The van der Waals surface area contributed by atoms with Gasteiger partial charge in [0.25, 0.3) is 11.8 Å². The van der Waals surface area contributed by atoms with Crippen molar-refractivity contribution in [2.75, 3.05) is 70.7 Å². The van der Waals surface area contributed by atoms with Gasteiger partial charge in [-0.25, -0.2) is 8.42 Å². The summed E-state index contributed by atoms with van der Waals surface area (Å²) < 4.78 is 74.3. The molecule has 0 bridgehead atoms. The van der Waals surface area contributed by atoms with Gasteiger partial charge in [0.2, 0.25) is 10.0 Å². The average molecular weight is 818 g/mol. The molecule has 1 saturated carbocycles. The Bertz CT molecular complexity index is 1910. The SMILES string of the molecule is COCCNCCN(c1ccc2c(c1)C(=O)N(CC(=O)OC(CC1=C(Cl)CN(OC)C=C1Cl)c1ccc(OC(F)F)c(OCC3CC3)c1)C2=O)S(C)(=O)=O. The summed E-state index contributed by atoms with van der Waals surface area (Å²) in [6.45, 7) is -2.31. The number of allylic oxidation sites excluding steroid dienone is 1. The Morgan fingerprint density at radius 3 is 2.43 bits per heavy atom. The Labute approximate surface area is 321 Å². The topological polar surface area (TPSA) is 153 Å². The number of esters is 1. The van der Waals surface area contributed by atoms with Crippen LogP contribution in [0.1, 0.15) is 51.6 Å². The summed E-state index contributed by atoms with van der Waals surface area (Å²) in [6, 6.07) is 8.13. The van der Waals surface area contributed by atoms with Crippen LogP contribution < -0.4 is 19.1 Å². The van der Waals surface area contributed by atoms with E-state index in [0.717, 1.165) is 23.4 Å². The van der Waals surface area contributed by atoms with E-state index in [-0.39, 0.29) is 77.0 Å². The smallest absolute Gasteiger partial charge is 0.387 e. The van der Waals surface area contributed by atoms with Crippen molar-refractivity contribution in [2.45, 2.75) is 32.0 Å². The van der Waals surface area contributed by atoms with E-state index in [0.29, 0.717) is 29.2 Å². The van der Waals surface area contributed by atoms with Gasteiger partial charge in [-0.1, -0.05) is 29.3 Å². The van der Waals surface area contributed by atoms with Crippen molar-refractivity contribution in [3.8, 4) is 11.5 Å². The molecule has 1 unspecified atom stereocenters. The molecule has 2 amide bonds. The van der Waals surface area contributed by atoms with Gasteiger partial charge in [-0.15, -0.1) is 0 Å². The summed E-state index contributed by atoms with van der Waals surface area (Å²) in [7, 11) is -0.815. The lowest BCUT2D eigenvalue weighted by molar-refractivity contribution is -0.149. The number of nitrogens with one attached hydrogen (secondary N) is 1. The van der Waals surface area contributed by atoms with E-state index in [9.17, 15) is 31.6 Å². The molecule has 294 valence electrons. The van der Waals surface area contributed by atoms with Gasteiger partial charge in [0.15, 0.2) is 11.5 Å². The molecule has 2 heterocycles. The van der Waals surface area contributed by atoms with Crippen molar-refractivity contribution in [3.63, 3.8) is 0 Å². The third-order valence-corrected chi connectivity index (χ3v) is 10.6. The normalized spacial score (nSPS) is 16.5. The molecule has 2 aromatic rings. The van der Waals surface area contributed by atoms with Gasteiger partial charge in [0, 0.05) is 44.4 Å². The van der Waals surface area contributed by atoms with E-state index < -0.39 is 47.1 Å². The molecular weight excluding hydrogens is 777 g/mol. The maximum Gasteiger partial charge on any atom is 0.387 e. The van der Waals surface area contributed by atoms with E-state index >= 15 is 0 Å². The molecule has 1 atom stereocenters. The van der Waals surface area contributed by atoms with Crippen molar-refractivity contribution in [1.82, 2.24) is 15.3 Å². The van der Waals surface area contributed by atoms with Crippen LogP contribution in [0.3, 0.4) is 0 Å². The number of alkyl halides is 2. The number of benzene rings is 2. The van der Waals surface area contributed by atoms with Crippen LogP contribution in [0.2, 0.25) is 0 Å². The number of amides is 2. The second kappa shape index (κ2) is 18.1. The first kappa shape index (κ1) is 41.2. The minimum Gasteiger partial charge on any atom is -0.489 e. The Hall–Kier alpha value is -4.00. The number of methoxy groups -OCH3 is 1. The fraction of sp³-hybridized carbons (Fsp3) is 0.457. The average Bonchev–Trinajstić information content (AvgIpc) is 3.92. The van der Waals surface area contributed by atoms with Crippen LogP contribution in [0, 0.1) is 5.92 Å². The van der Waals surface area contributed by atoms with E-state index in [1.165, 1.54) is 54.8 Å². The van der Waals surface area contributed by atoms with E-state index in [4.69, 9.17) is 42.3 Å². The molecule has 54 heavy (non-hydrogen) atoms. The number of imide groups is 1. The van der Waals surface area contributed by atoms with Gasteiger partial charge in [-0.3, -0.25) is 33.5 Å². The zero-order valence-electron chi connectivity index (χ0n) is 29.7.